The van der Waals surface area contributed by atoms with E-state index in [1.165, 1.54) is 6.07 Å². The molecule has 1 saturated heterocycles. The van der Waals surface area contributed by atoms with Crippen molar-refractivity contribution in [3.8, 4) is 11.5 Å². The SMILES string of the molecule is O=C(c1ccc(C(F)(F)F)nc1)N1CCC(c2ccc3c(c2)OCO3)C1. The van der Waals surface area contributed by atoms with E-state index in [0.717, 1.165) is 24.2 Å². The number of ether oxygens (including phenoxy) is 2. The van der Waals surface area contributed by atoms with Gasteiger partial charge in [0.05, 0.1) is 5.56 Å². The molecular formula is C18H15F3N2O3. The Labute approximate surface area is 147 Å². The third-order valence-electron chi connectivity index (χ3n) is 4.64. The molecule has 0 saturated carbocycles. The molecule has 1 fully saturated rings. The zero-order valence-electron chi connectivity index (χ0n) is 13.6. The van der Waals surface area contributed by atoms with Gasteiger partial charge in [0.2, 0.25) is 6.79 Å². The first-order chi connectivity index (χ1) is 12.4. The largest absolute Gasteiger partial charge is 0.454 e. The highest BCUT2D eigenvalue weighted by molar-refractivity contribution is 5.94. The highest BCUT2D eigenvalue weighted by atomic mass is 19.4. The van der Waals surface area contributed by atoms with Gasteiger partial charge in [-0.3, -0.25) is 9.78 Å². The van der Waals surface area contributed by atoms with Crippen molar-refractivity contribution < 1.29 is 27.4 Å². The molecule has 5 nitrogen and oxygen atoms in total. The van der Waals surface area contributed by atoms with Crippen LogP contribution in [0.4, 0.5) is 13.2 Å². The fraction of sp³-hybridized carbons (Fsp3) is 0.333. The molecule has 1 atom stereocenters. The van der Waals surface area contributed by atoms with E-state index in [1.807, 2.05) is 18.2 Å². The lowest BCUT2D eigenvalue weighted by Crippen LogP contribution is -2.28. The Kier molecular flexibility index (Phi) is 3.97. The number of amides is 1. The summed E-state index contributed by atoms with van der Waals surface area (Å²) in [7, 11) is 0. The molecule has 8 heteroatoms. The van der Waals surface area contributed by atoms with Crippen molar-refractivity contribution in [2.45, 2.75) is 18.5 Å². The van der Waals surface area contributed by atoms with Crippen LogP contribution in [0.1, 0.15) is 34.0 Å². The number of hydrogen-bond donors (Lipinski definition) is 0. The van der Waals surface area contributed by atoms with Crippen molar-refractivity contribution >= 4 is 5.91 Å². The predicted molar refractivity (Wildman–Crippen MR) is 85.1 cm³/mol. The molecule has 2 aromatic rings. The average Bonchev–Trinajstić information content (AvgIpc) is 3.29. The van der Waals surface area contributed by atoms with E-state index in [9.17, 15) is 18.0 Å². The van der Waals surface area contributed by atoms with Crippen LogP contribution < -0.4 is 9.47 Å². The summed E-state index contributed by atoms with van der Waals surface area (Å²) in [6.07, 6.45) is -2.75. The van der Waals surface area contributed by atoms with Crippen LogP contribution in [0.25, 0.3) is 0 Å². The molecule has 1 aromatic heterocycles. The summed E-state index contributed by atoms with van der Waals surface area (Å²) >= 11 is 0. The summed E-state index contributed by atoms with van der Waals surface area (Å²) in [5.41, 5.74) is 0.202. The average molecular weight is 364 g/mol. The number of halogens is 3. The van der Waals surface area contributed by atoms with Crippen LogP contribution in [-0.2, 0) is 6.18 Å². The first kappa shape index (κ1) is 16.7. The highest BCUT2D eigenvalue weighted by Gasteiger charge is 2.33. The molecule has 0 spiro atoms. The molecule has 0 N–H and O–H groups in total. The van der Waals surface area contributed by atoms with Gasteiger partial charge < -0.3 is 14.4 Å². The number of likely N-dealkylation sites (tertiary alicyclic amines) is 1. The minimum absolute atomic E-state index is 0.149. The molecule has 1 amide bonds. The highest BCUT2D eigenvalue weighted by Crippen LogP contribution is 2.37. The second-order valence-corrected chi connectivity index (χ2v) is 6.28. The summed E-state index contributed by atoms with van der Waals surface area (Å²) in [5, 5.41) is 0. The van der Waals surface area contributed by atoms with Gasteiger partial charge in [-0.25, -0.2) is 0 Å². The Hall–Kier alpha value is -2.77. The van der Waals surface area contributed by atoms with Crippen LogP contribution in [0.5, 0.6) is 11.5 Å². The standard InChI is InChI=1S/C18H15F3N2O3/c19-18(20,21)16-4-2-12(8-22-16)17(24)23-6-5-13(9-23)11-1-3-14-15(7-11)26-10-25-14/h1-4,7-8,13H,5-6,9-10H2. The van der Waals surface area contributed by atoms with E-state index in [2.05, 4.69) is 4.98 Å². The predicted octanol–water partition coefficient (Wildman–Crippen LogP) is 3.46. The van der Waals surface area contributed by atoms with Gasteiger partial charge in [-0.15, -0.1) is 0 Å². The second-order valence-electron chi connectivity index (χ2n) is 6.28. The number of carbonyl (C=O) groups is 1. The quantitative estimate of drug-likeness (QED) is 0.819. The maximum Gasteiger partial charge on any atom is 0.433 e. The molecule has 2 aliphatic rings. The number of alkyl halides is 3. The molecule has 1 unspecified atom stereocenters. The van der Waals surface area contributed by atoms with Gasteiger partial charge in [0.25, 0.3) is 5.91 Å². The lowest BCUT2D eigenvalue weighted by molar-refractivity contribution is -0.141. The van der Waals surface area contributed by atoms with Crippen LogP contribution in [0.15, 0.2) is 36.5 Å². The first-order valence-corrected chi connectivity index (χ1v) is 8.14. The third-order valence-corrected chi connectivity index (χ3v) is 4.64. The number of hydrogen-bond acceptors (Lipinski definition) is 4. The van der Waals surface area contributed by atoms with Crippen LogP contribution in [0.2, 0.25) is 0 Å². The molecule has 0 radical (unpaired) electrons. The van der Waals surface area contributed by atoms with Crippen molar-refractivity contribution in [1.29, 1.82) is 0 Å². The Morgan fingerprint density at radius 3 is 2.69 bits per heavy atom. The summed E-state index contributed by atoms with van der Waals surface area (Å²) in [4.78, 5) is 17.5. The molecule has 26 heavy (non-hydrogen) atoms. The van der Waals surface area contributed by atoms with E-state index >= 15 is 0 Å². The number of fused-ring (bicyclic) bond motifs is 1. The van der Waals surface area contributed by atoms with Crippen LogP contribution in [0, 0.1) is 0 Å². The molecule has 2 aliphatic heterocycles. The topological polar surface area (TPSA) is 51.7 Å². The van der Waals surface area contributed by atoms with E-state index in [-0.39, 0.29) is 24.2 Å². The third kappa shape index (κ3) is 3.07. The first-order valence-electron chi connectivity index (χ1n) is 8.14. The summed E-state index contributed by atoms with van der Waals surface area (Å²) < 4.78 is 48.4. The van der Waals surface area contributed by atoms with Crippen molar-refractivity contribution in [3.05, 3.63) is 53.3 Å². The smallest absolute Gasteiger partial charge is 0.433 e. The molecule has 4 rings (SSSR count). The van der Waals surface area contributed by atoms with E-state index in [1.54, 1.807) is 4.90 Å². The summed E-state index contributed by atoms with van der Waals surface area (Å²) in [6, 6.07) is 7.72. The van der Waals surface area contributed by atoms with Gasteiger partial charge in [-0.05, 0) is 36.2 Å². The van der Waals surface area contributed by atoms with Gasteiger partial charge in [0.1, 0.15) is 5.69 Å². The maximum atomic E-state index is 12.6. The maximum absolute atomic E-state index is 12.6. The summed E-state index contributed by atoms with van der Waals surface area (Å²) in [6.45, 7) is 1.24. The van der Waals surface area contributed by atoms with Crippen molar-refractivity contribution in [1.82, 2.24) is 9.88 Å². The van der Waals surface area contributed by atoms with Crippen LogP contribution in [-0.4, -0.2) is 35.7 Å². The molecular weight excluding hydrogens is 349 g/mol. The van der Waals surface area contributed by atoms with Gasteiger partial charge in [0, 0.05) is 25.2 Å². The molecule has 0 bridgehead atoms. The van der Waals surface area contributed by atoms with Crippen LogP contribution >= 0.6 is 0 Å². The minimum Gasteiger partial charge on any atom is -0.454 e. The molecule has 136 valence electrons. The second kappa shape index (κ2) is 6.19. The normalized spacial score (nSPS) is 19.0. The number of carbonyl (C=O) groups excluding carboxylic acids is 1. The Morgan fingerprint density at radius 1 is 1.15 bits per heavy atom. The number of nitrogens with zero attached hydrogens (tertiary/aromatic N) is 2. The zero-order chi connectivity index (χ0) is 18.3. The Morgan fingerprint density at radius 2 is 1.96 bits per heavy atom. The van der Waals surface area contributed by atoms with Crippen molar-refractivity contribution in [2.75, 3.05) is 19.9 Å². The lowest BCUT2D eigenvalue weighted by atomic mass is 9.98. The minimum atomic E-state index is -4.51. The Balaban J connectivity index is 1.45. The Bertz CT molecular complexity index is 837. The van der Waals surface area contributed by atoms with Crippen LogP contribution in [0.3, 0.4) is 0 Å². The van der Waals surface area contributed by atoms with Gasteiger partial charge >= 0.3 is 6.18 Å². The summed E-state index contributed by atoms with van der Waals surface area (Å²) in [5.74, 6) is 1.24. The van der Waals surface area contributed by atoms with Gasteiger partial charge in [-0.1, -0.05) is 6.07 Å². The number of pyridine rings is 1. The van der Waals surface area contributed by atoms with Crippen molar-refractivity contribution in [2.24, 2.45) is 0 Å². The fourth-order valence-electron chi connectivity index (χ4n) is 3.25. The number of benzene rings is 1. The monoisotopic (exact) mass is 364 g/mol. The van der Waals surface area contributed by atoms with E-state index in [0.29, 0.717) is 24.6 Å². The molecule has 1 aromatic carbocycles. The van der Waals surface area contributed by atoms with Gasteiger partial charge in [0.15, 0.2) is 11.5 Å². The fourth-order valence-corrected chi connectivity index (χ4v) is 3.25. The number of aromatic nitrogens is 1. The van der Waals surface area contributed by atoms with Crippen molar-refractivity contribution in [3.63, 3.8) is 0 Å². The van der Waals surface area contributed by atoms with Gasteiger partial charge in [-0.2, -0.15) is 13.2 Å². The molecule has 0 aliphatic carbocycles. The van der Waals surface area contributed by atoms with E-state index < -0.39 is 11.9 Å². The molecule has 3 heterocycles. The van der Waals surface area contributed by atoms with E-state index in [4.69, 9.17) is 9.47 Å². The number of rotatable bonds is 2. The lowest BCUT2D eigenvalue weighted by Gasteiger charge is -2.17. The zero-order valence-corrected chi connectivity index (χ0v) is 13.6.